The SMILES string of the molecule is CCCC(CCC)OC(=O)CCCCCC(=O)O. The van der Waals surface area contributed by atoms with Crippen LogP contribution in [0.3, 0.4) is 0 Å². The number of carbonyl (C=O) groups excluding carboxylic acids is 1. The smallest absolute Gasteiger partial charge is 0.306 e. The maximum absolute atomic E-state index is 11.6. The summed E-state index contributed by atoms with van der Waals surface area (Å²) in [5, 5.41) is 8.47. The van der Waals surface area contributed by atoms with E-state index in [2.05, 4.69) is 13.8 Å². The van der Waals surface area contributed by atoms with E-state index < -0.39 is 5.97 Å². The third-order valence-corrected chi connectivity index (χ3v) is 2.79. The topological polar surface area (TPSA) is 63.6 Å². The molecule has 0 aliphatic heterocycles. The van der Waals surface area contributed by atoms with Crippen LogP contribution in [0.25, 0.3) is 0 Å². The van der Waals surface area contributed by atoms with Crippen molar-refractivity contribution in [3.05, 3.63) is 0 Å². The molecule has 0 atom stereocenters. The third kappa shape index (κ3) is 10.1. The summed E-state index contributed by atoms with van der Waals surface area (Å²) in [4.78, 5) is 21.9. The van der Waals surface area contributed by atoms with Gasteiger partial charge in [0.1, 0.15) is 6.10 Å². The molecule has 0 aliphatic rings. The van der Waals surface area contributed by atoms with E-state index >= 15 is 0 Å². The normalized spacial score (nSPS) is 10.6. The van der Waals surface area contributed by atoms with Crippen molar-refractivity contribution < 1.29 is 19.4 Å². The molecule has 106 valence electrons. The van der Waals surface area contributed by atoms with Crippen LogP contribution in [0.2, 0.25) is 0 Å². The van der Waals surface area contributed by atoms with E-state index in [9.17, 15) is 9.59 Å². The largest absolute Gasteiger partial charge is 0.481 e. The summed E-state index contributed by atoms with van der Waals surface area (Å²) in [6.07, 6.45) is 6.68. The van der Waals surface area contributed by atoms with Crippen molar-refractivity contribution >= 4 is 11.9 Å². The van der Waals surface area contributed by atoms with Crippen molar-refractivity contribution in [2.45, 2.75) is 77.7 Å². The Morgan fingerprint density at radius 1 is 1.00 bits per heavy atom. The lowest BCUT2D eigenvalue weighted by Crippen LogP contribution is -2.17. The number of ether oxygens (including phenoxy) is 1. The zero-order valence-electron chi connectivity index (χ0n) is 11.6. The summed E-state index contributed by atoms with van der Waals surface area (Å²) in [6.45, 7) is 4.17. The Hall–Kier alpha value is -1.06. The number of rotatable bonds is 11. The van der Waals surface area contributed by atoms with Crippen LogP contribution in [0, 0.1) is 0 Å². The van der Waals surface area contributed by atoms with Crippen molar-refractivity contribution in [3.8, 4) is 0 Å². The molecule has 1 N–H and O–H groups in total. The molecule has 0 saturated heterocycles. The van der Waals surface area contributed by atoms with Crippen LogP contribution < -0.4 is 0 Å². The van der Waals surface area contributed by atoms with Crippen LogP contribution in [0.15, 0.2) is 0 Å². The fourth-order valence-corrected chi connectivity index (χ4v) is 1.87. The van der Waals surface area contributed by atoms with Gasteiger partial charge in [0, 0.05) is 12.8 Å². The maximum Gasteiger partial charge on any atom is 0.306 e. The molecule has 0 radical (unpaired) electrons. The molecule has 0 fully saturated rings. The van der Waals surface area contributed by atoms with Crippen molar-refractivity contribution in [1.82, 2.24) is 0 Å². The predicted molar refractivity (Wildman–Crippen MR) is 70.4 cm³/mol. The fraction of sp³-hybridized carbons (Fsp3) is 0.857. The molecule has 4 nitrogen and oxygen atoms in total. The molecule has 0 spiro atoms. The lowest BCUT2D eigenvalue weighted by Gasteiger charge is -2.16. The number of hydrogen-bond acceptors (Lipinski definition) is 3. The Balaban J connectivity index is 3.64. The van der Waals surface area contributed by atoms with E-state index in [-0.39, 0.29) is 18.5 Å². The average Bonchev–Trinajstić information content (AvgIpc) is 2.28. The van der Waals surface area contributed by atoms with Gasteiger partial charge in [0.2, 0.25) is 0 Å². The molecule has 4 heteroatoms. The first kappa shape index (κ1) is 16.9. The Kier molecular flexibility index (Phi) is 10.4. The summed E-state index contributed by atoms with van der Waals surface area (Å²) < 4.78 is 5.40. The van der Waals surface area contributed by atoms with E-state index in [1.807, 2.05) is 0 Å². The monoisotopic (exact) mass is 258 g/mol. The maximum atomic E-state index is 11.6. The summed E-state index contributed by atoms with van der Waals surface area (Å²) >= 11 is 0. The van der Waals surface area contributed by atoms with Gasteiger partial charge in [0.05, 0.1) is 0 Å². The molecular formula is C14H26O4. The number of unbranched alkanes of at least 4 members (excludes halogenated alkanes) is 2. The molecule has 0 aliphatic carbocycles. The summed E-state index contributed by atoms with van der Waals surface area (Å²) in [6, 6.07) is 0. The quantitative estimate of drug-likeness (QED) is 0.455. The van der Waals surface area contributed by atoms with Crippen molar-refractivity contribution in [1.29, 1.82) is 0 Å². The Morgan fingerprint density at radius 2 is 1.56 bits per heavy atom. The molecule has 0 unspecified atom stereocenters. The van der Waals surface area contributed by atoms with Gasteiger partial charge in [0.15, 0.2) is 0 Å². The highest BCUT2D eigenvalue weighted by atomic mass is 16.5. The molecule has 0 aromatic carbocycles. The number of hydrogen-bond donors (Lipinski definition) is 1. The first-order valence-corrected chi connectivity index (χ1v) is 7.01. The van der Waals surface area contributed by atoms with Gasteiger partial charge in [-0.1, -0.05) is 33.1 Å². The Morgan fingerprint density at radius 3 is 2.06 bits per heavy atom. The average molecular weight is 258 g/mol. The first-order valence-electron chi connectivity index (χ1n) is 7.01. The van der Waals surface area contributed by atoms with Crippen LogP contribution in [0.1, 0.15) is 71.6 Å². The minimum Gasteiger partial charge on any atom is -0.481 e. The predicted octanol–water partition coefficient (Wildman–Crippen LogP) is 3.53. The van der Waals surface area contributed by atoms with E-state index in [0.29, 0.717) is 12.8 Å². The molecule has 0 aromatic heterocycles. The van der Waals surface area contributed by atoms with Gasteiger partial charge >= 0.3 is 11.9 Å². The summed E-state index contributed by atoms with van der Waals surface area (Å²) in [5.41, 5.74) is 0. The molecule has 0 bridgehead atoms. The first-order chi connectivity index (χ1) is 8.60. The van der Waals surface area contributed by atoms with Gasteiger partial charge in [-0.2, -0.15) is 0 Å². The second-order valence-electron chi connectivity index (χ2n) is 4.64. The summed E-state index contributed by atoms with van der Waals surface area (Å²) in [5.74, 6) is -0.916. The number of carbonyl (C=O) groups is 2. The van der Waals surface area contributed by atoms with Crippen molar-refractivity contribution in [2.75, 3.05) is 0 Å². The standard InChI is InChI=1S/C14H26O4/c1-3-8-12(9-4-2)18-14(17)11-7-5-6-10-13(15)16/h12H,3-11H2,1-2H3,(H,15,16). The lowest BCUT2D eigenvalue weighted by atomic mass is 10.1. The van der Waals surface area contributed by atoms with Crippen LogP contribution in [0.5, 0.6) is 0 Å². The molecule has 0 aromatic rings. The second kappa shape index (κ2) is 11.1. The highest BCUT2D eigenvalue weighted by molar-refractivity contribution is 5.69. The van der Waals surface area contributed by atoms with Crippen molar-refractivity contribution in [3.63, 3.8) is 0 Å². The van der Waals surface area contributed by atoms with E-state index in [0.717, 1.165) is 38.5 Å². The van der Waals surface area contributed by atoms with Crippen LogP contribution in [0.4, 0.5) is 0 Å². The molecule has 0 saturated carbocycles. The van der Waals surface area contributed by atoms with Crippen molar-refractivity contribution in [2.24, 2.45) is 0 Å². The lowest BCUT2D eigenvalue weighted by molar-refractivity contribution is -0.149. The van der Waals surface area contributed by atoms with Gasteiger partial charge in [-0.25, -0.2) is 0 Å². The molecule has 0 heterocycles. The second-order valence-corrected chi connectivity index (χ2v) is 4.64. The molecule has 0 amide bonds. The minimum absolute atomic E-state index is 0.0616. The number of aliphatic carboxylic acids is 1. The van der Waals surface area contributed by atoms with E-state index in [1.54, 1.807) is 0 Å². The number of carboxylic acids is 1. The van der Waals surface area contributed by atoms with Gasteiger partial charge in [-0.3, -0.25) is 9.59 Å². The van der Waals surface area contributed by atoms with Gasteiger partial charge in [-0.15, -0.1) is 0 Å². The highest BCUT2D eigenvalue weighted by Crippen LogP contribution is 2.12. The number of carboxylic acid groups (broad SMARTS) is 1. The molecular weight excluding hydrogens is 232 g/mol. The van der Waals surface area contributed by atoms with Crippen LogP contribution >= 0.6 is 0 Å². The zero-order chi connectivity index (χ0) is 13.8. The highest BCUT2D eigenvalue weighted by Gasteiger charge is 2.12. The zero-order valence-corrected chi connectivity index (χ0v) is 11.6. The van der Waals surface area contributed by atoms with E-state index in [4.69, 9.17) is 9.84 Å². The van der Waals surface area contributed by atoms with Crippen LogP contribution in [-0.2, 0) is 14.3 Å². The summed E-state index contributed by atoms with van der Waals surface area (Å²) in [7, 11) is 0. The molecule has 0 rings (SSSR count). The Bertz CT molecular complexity index is 232. The fourth-order valence-electron chi connectivity index (χ4n) is 1.87. The third-order valence-electron chi connectivity index (χ3n) is 2.79. The van der Waals surface area contributed by atoms with Gasteiger partial charge in [-0.05, 0) is 25.7 Å². The van der Waals surface area contributed by atoms with Gasteiger partial charge < -0.3 is 9.84 Å². The number of esters is 1. The van der Waals surface area contributed by atoms with Gasteiger partial charge in [0.25, 0.3) is 0 Å². The minimum atomic E-state index is -0.775. The van der Waals surface area contributed by atoms with E-state index in [1.165, 1.54) is 0 Å². The van der Waals surface area contributed by atoms with Crippen LogP contribution in [-0.4, -0.2) is 23.1 Å². The Labute approximate surface area is 110 Å². The molecule has 18 heavy (non-hydrogen) atoms.